The molecule has 0 saturated heterocycles. The van der Waals surface area contributed by atoms with Gasteiger partial charge in [0.05, 0.1) is 12.2 Å². The van der Waals surface area contributed by atoms with Crippen LogP contribution in [0.3, 0.4) is 0 Å². The summed E-state index contributed by atoms with van der Waals surface area (Å²) in [5, 5.41) is 5.11. The number of unbranched alkanes of at least 4 members (excludes halogenated alkanes) is 3. The first-order chi connectivity index (χ1) is 9.69. The summed E-state index contributed by atoms with van der Waals surface area (Å²) in [6.45, 7) is 2.78. The third-order valence-corrected chi connectivity index (χ3v) is 3.60. The lowest BCUT2D eigenvalue weighted by atomic mass is 10.1. The Bertz CT molecular complexity index is 432. The molecule has 0 spiro atoms. The quantitative estimate of drug-likeness (QED) is 0.542. The van der Waals surface area contributed by atoms with Crippen LogP contribution in [0.5, 0.6) is 0 Å². The number of carbonyl (C=O) groups is 2. The third-order valence-electron chi connectivity index (χ3n) is 2.77. The number of nitrogens with one attached hydrogen (secondary N) is 1. The summed E-state index contributed by atoms with van der Waals surface area (Å²) in [4.78, 5) is 23.5. The first-order valence-corrected chi connectivity index (χ1v) is 7.81. The molecular weight excluding hydrogens is 276 g/mol. The number of carbonyl (C=O) groups excluding carboxylic acids is 2. The fourth-order valence-electron chi connectivity index (χ4n) is 1.75. The standard InChI is InChI=1S/C14H22N2O3S/c1-2-19-14(18)11-8-10-20-13(11)16-12(17)7-5-3-4-6-9-15/h8,10H,2-7,9,15H2,1H3,(H,16,17). The lowest BCUT2D eigenvalue weighted by molar-refractivity contribution is -0.116. The number of anilines is 1. The van der Waals surface area contributed by atoms with E-state index in [0.717, 1.165) is 25.7 Å². The van der Waals surface area contributed by atoms with Crippen LogP contribution < -0.4 is 11.1 Å². The highest BCUT2D eigenvalue weighted by atomic mass is 32.1. The van der Waals surface area contributed by atoms with Crippen LogP contribution in [0.2, 0.25) is 0 Å². The normalized spacial score (nSPS) is 10.3. The van der Waals surface area contributed by atoms with Crippen molar-refractivity contribution in [1.29, 1.82) is 0 Å². The zero-order valence-electron chi connectivity index (χ0n) is 11.8. The maximum absolute atomic E-state index is 11.8. The van der Waals surface area contributed by atoms with E-state index in [1.807, 2.05) is 0 Å². The van der Waals surface area contributed by atoms with Gasteiger partial charge in [-0.15, -0.1) is 11.3 Å². The minimum Gasteiger partial charge on any atom is -0.462 e. The number of ether oxygens (including phenoxy) is 1. The van der Waals surface area contributed by atoms with Crippen molar-refractivity contribution < 1.29 is 14.3 Å². The molecule has 0 atom stereocenters. The Hall–Kier alpha value is -1.40. The van der Waals surface area contributed by atoms with Gasteiger partial charge in [0.2, 0.25) is 5.91 Å². The summed E-state index contributed by atoms with van der Waals surface area (Å²) in [5.41, 5.74) is 5.83. The first-order valence-electron chi connectivity index (χ1n) is 6.93. The number of hydrogen-bond acceptors (Lipinski definition) is 5. The molecule has 1 amide bonds. The van der Waals surface area contributed by atoms with E-state index in [-0.39, 0.29) is 5.91 Å². The second-order valence-corrected chi connectivity index (χ2v) is 5.30. The van der Waals surface area contributed by atoms with E-state index in [4.69, 9.17) is 10.5 Å². The van der Waals surface area contributed by atoms with E-state index in [0.29, 0.717) is 30.1 Å². The zero-order valence-corrected chi connectivity index (χ0v) is 12.6. The molecule has 0 aliphatic heterocycles. The monoisotopic (exact) mass is 298 g/mol. The predicted molar refractivity (Wildman–Crippen MR) is 81.0 cm³/mol. The highest BCUT2D eigenvalue weighted by Crippen LogP contribution is 2.24. The number of hydrogen-bond donors (Lipinski definition) is 2. The van der Waals surface area contributed by atoms with Crippen molar-refractivity contribution >= 4 is 28.2 Å². The van der Waals surface area contributed by atoms with E-state index in [1.54, 1.807) is 18.4 Å². The summed E-state index contributed by atoms with van der Waals surface area (Å²) >= 11 is 1.33. The maximum Gasteiger partial charge on any atom is 0.341 e. The largest absolute Gasteiger partial charge is 0.462 e. The number of esters is 1. The molecule has 6 heteroatoms. The molecular formula is C14H22N2O3S. The van der Waals surface area contributed by atoms with Gasteiger partial charge in [-0.3, -0.25) is 4.79 Å². The smallest absolute Gasteiger partial charge is 0.341 e. The maximum atomic E-state index is 11.8. The van der Waals surface area contributed by atoms with Crippen molar-refractivity contribution in [2.24, 2.45) is 5.73 Å². The van der Waals surface area contributed by atoms with Crippen LogP contribution in [0.1, 0.15) is 49.4 Å². The highest BCUT2D eigenvalue weighted by molar-refractivity contribution is 7.14. The molecule has 0 bridgehead atoms. The van der Waals surface area contributed by atoms with Crippen LogP contribution in [0, 0.1) is 0 Å². The molecule has 3 N–H and O–H groups in total. The van der Waals surface area contributed by atoms with Gasteiger partial charge in [0.1, 0.15) is 5.00 Å². The van der Waals surface area contributed by atoms with Gasteiger partial charge in [0, 0.05) is 6.42 Å². The lowest BCUT2D eigenvalue weighted by Crippen LogP contribution is -2.13. The van der Waals surface area contributed by atoms with Crippen molar-refractivity contribution in [3.8, 4) is 0 Å². The van der Waals surface area contributed by atoms with Crippen LogP contribution in [-0.2, 0) is 9.53 Å². The molecule has 0 aromatic carbocycles. The van der Waals surface area contributed by atoms with Crippen molar-refractivity contribution in [2.75, 3.05) is 18.5 Å². The Labute approximate surface area is 123 Å². The Morgan fingerprint density at radius 2 is 2.05 bits per heavy atom. The van der Waals surface area contributed by atoms with E-state index in [2.05, 4.69) is 5.32 Å². The van der Waals surface area contributed by atoms with Crippen LogP contribution in [0.25, 0.3) is 0 Å². The molecule has 20 heavy (non-hydrogen) atoms. The van der Waals surface area contributed by atoms with Crippen LogP contribution in [0.15, 0.2) is 11.4 Å². The van der Waals surface area contributed by atoms with Crippen molar-refractivity contribution in [2.45, 2.75) is 39.0 Å². The van der Waals surface area contributed by atoms with Gasteiger partial charge in [-0.05, 0) is 37.8 Å². The Morgan fingerprint density at radius 1 is 1.30 bits per heavy atom. The van der Waals surface area contributed by atoms with Gasteiger partial charge in [0.25, 0.3) is 0 Å². The number of nitrogens with two attached hydrogens (primary N) is 1. The number of amides is 1. The third kappa shape index (κ3) is 5.71. The SMILES string of the molecule is CCOC(=O)c1ccsc1NC(=O)CCCCCCN. The second kappa shape index (κ2) is 9.50. The van der Waals surface area contributed by atoms with Gasteiger partial charge in [-0.1, -0.05) is 12.8 Å². The first kappa shape index (κ1) is 16.7. The van der Waals surface area contributed by atoms with Gasteiger partial charge in [-0.25, -0.2) is 4.79 Å². The number of thiophene rings is 1. The van der Waals surface area contributed by atoms with Crippen LogP contribution in [-0.4, -0.2) is 25.0 Å². The molecule has 1 rings (SSSR count). The van der Waals surface area contributed by atoms with Crippen molar-refractivity contribution in [3.05, 3.63) is 17.0 Å². The van der Waals surface area contributed by atoms with E-state index < -0.39 is 5.97 Å². The molecule has 0 saturated carbocycles. The topological polar surface area (TPSA) is 81.4 Å². The zero-order chi connectivity index (χ0) is 14.8. The average molecular weight is 298 g/mol. The summed E-state index contributed by atoms with van der Waals surface area (Å²) in [7, 11) is 0. The number of rotatable bonds is 9. The van der Waals surface area contributed by atoms with Crippen LogP contribution in [0.4, 0.5) is 5.00 Å². The second-order valence-electron chi connectivity index (χ2n) is 4.38. The van der Waals surface area contributed by atoms with Crippen LogP contribution >= 0.6 is 11.3 Å². The molecule has 5 nitrogen and oxygen atoms in total. The molecule has 0 aliphatic carbocycles. The molecule has 0 aliphatic rings. The molecule has 0 radical (unpaired) electrons. The predicted octanol–water partition coefficient (Wildman–Crippen LogP) is 2.77. The minimum atomic E-state index is -0.396. The molecule has 0 fully saturated rings. The van der Waals surface area contributed by atoms with Gasteiger partial charge < -0.3 is 15.8 Å². The summed E-state index contributed by atoms with van der Waals surface area (Å²) < 4.78 is 4.94. The molecule has 1 aromatic rings. The fraction of sp³-hybridized carbons (Fsp3) is 0.571. The molecule has 112 valence electrons. The minimum absolute atomic E-state index is 0.0641. The summed E-state index contributed by atoms with van der Waals surface area (Å²) in [6, 6.07) is 1.67. The Morgan fingerprint density at radius 3 is 2.75 bits per heavy atom. The summed E-state index contributed by atoms with van der Waals surface area (Å²) in [5.74, 6) is -0.460. The van der Waals surface area contributed by atoms with Gasteiger partial charge in [0.15, 0.2) is 0 Å². The summed E-state index contributed by atoms with van der Waals surface area (Å²) in [6.07, 6.45) is 4.35. The molecule has 0 unspecified atom stereocenters. The highest BCUT2D eigenvalue weighted by Gasteiger charge is 2.15. The van der Waals surface area contributed by atoms with Crippen molar-refractivity contribution in [1.82, 2.24) is 0 Å². The molecule has 1 aromatic heterocycles. The molecule has 1 heterocycles. The van der Waals surface area contributed by atoms with E-state index in [9.17, 15) is 9.59 Å². The van der Waals surface area contributed by atoms with E-state index in [1.165, 1.54) is 11.3 Å². The lowest BCUT2D eigenvalue weighted by Gasteiger charge is -2.06. The fourth-order valence-corrected chi connectivity index (χ4v) is 2.54. The van der Waals surface area contributed by atoms with Crippen molar-refractivity contribution in [3.63, 3.8) is 0 Å². The Balaban J connectivity index is 2.38. The average Bonchev–Trinajstić information content (AvgIpc) is 2.87. The Kier molecular flexibility index (Phi) is 7.91. The van der Waals surface area contributed by atoms with Gasteiger partial charge >= 0.3 is 5.97 Å². The van der Waals surface area contributed by atoms with Gasteiger partial charge in [-0.2, -0.15) is 0 Å². The van der Waals surface area contributed by atoms with E-state index >= 15 is 0 Å².